The van der Waals surface area contributed by atoms with E-state index in [9.17, 15) is 0 Å². The summed E-state index contributed by atoms with van der Waals surface area (Å²) in [6, 6.07) is 14.4. The minimum atomic E-state index is 0.544. The van der Waals surface area contributed by atoms with Gasteiger partial charge in [-0.15, -0.1) is 0 Å². The lowest BCUT2D eigenvalue weighted by atomic mass is 10.1. The number of para-hydroxylation sites is 2. The van der Waals surface area contributed by atoms with Gasteiger partial charge in [-0.2, -0.15) is 0 Å². The summed E-state index contributed by atoms with van der Waals surface area (Å²) in [6.07, 6.45) is 0. The third-order valence-electron chi connectivity index (χ3n) is 3.02. The van der Waals surface area contributed by atoms with Crippen LogP contribution in [0.5, 0.6) is 0 Å². The largest absolute Gasteiger partial charge is 0.333 e. The van der Waals surface area contributed by atoms with Crippen molar-refractivity contribution in [2.75, 3.05) is 0 Å². The fourth-order valence-corrected chi connectivity index (χ4v) is 3.05. The molecule has 0 aliphatic rings. The summed E-state index contributed by atoms with van der Waals surface area (Å²) in [6.45, 7) is 2.63. The molecule has 0 atom stereocenters. The lowest BCUT2D eigenvalue weighted by Gasteiger charge is -2.06. The number of nitrogens with zero attached hydrogens (tertiary/aromatic N) is 1. The predicted octanol–water partition coefficient (Wildman–Crippen LogP) is 3.48. The number of aromatic amines is 1. The van der Waals surface area contributed by atoms with Crippen molar-refractivity contribution >= 4 is 22.8 Å². The lowest BCUT2D eigenvalue weighted by Crippen LogP contribution is -1.98. The van der Waals surface area contributed by atoms with Crippen molar-refractivity contribution in [3.63, 3.8) is 0 Å². The molecule has 3 N–H and O–H groups in total. The highest BCUT2D eigenvalue weighted by atomic mass is 32.2. The fourth-order valence-electron chi connectivity index (χ4n) is 2.01. The first-order valence-electron chi connectivity index (χ1n) is 6.18. The molecule has 0 radical (unpaired) electrons. The number of H-pyrrole nitrogens is 1. The van der Waals surface area contributed by atoms with Gasteiger partial charge in [-0.3, -0.25) is 0 Å². The van der Waals surface area contributed by atoms with E-state index in [-0.39, 0.29) is 0 Å². The summed E-state index contributed by atoms with van der Waals surface area (Å²) >= 11 is 1.63. The van der Waals surface area contributed by atoms with Crippen molar-refractivity contribution in [2.24, 2.45) is 5.73 Å². The molecule has 0 saturated heterocycles. The van der Waals surface area contributed by atoms with E-state index < -0.39 is 0 Å². The minimum absolute atomic E-state index is 0.544. The smallest absolute Gasteiger partial charge is 0.171 e. The highest BCUT2D eigenvalue weighted by molar-refractivity contribution is 7.99. The normalized spacial score (nSPS) is 11.1. The summed E-state index contributed by atoms with van der Waals surface area (Å²) in [4.78, 5) is 9.07. The molecule has 0 amide bonds. The molecule has 0 spiro atoms. The van der Waals surface area contributed by atoms with Gasteiger partial charge in [-0.05, 0) is 36.2 Å². The van der Waals surface area contributed by atoms with Crippen molar-refractivity contribution in [3.05, 3.63) is 53.6 Å². The van der Waals surface area contributed by atoms with Crippen LogP contribution in [0.25, 0.3) is 11.0 Å². The van der Waals surface area contributed by atoms with E-state index in [0.717, 1.165) is 21.8 Å². The van der Waals surface area contributed by atoms with Crippen molar-refractivity contribution in [2.45, 2.75) is 23.5 Å². The highest BCUT2D eigenvalue weighted by Gasteiger charge is 2.07. The van der Waals surface area contributed by atoms with Gasteiger partial charge in [0, 0.05) is 11.4 Å². The number of rotatable bonds is 3. The summed E-state index contributed by atoms with van der Waals surface area (Å²) in [5.41, 5.74) is 10.2. The third-order valence-corrected chi connectivity index (χ3v) is 4.00. The number of benzene rings is 2. The SMILES string of the molecule is Cc1ccc(CN)c(Sc2nc3ccccc3[nH]2)c1. The van der Waals surface area contributed by atoms with E-state index in [2.05, 4.69) is 35.1 Å². The van der Waals surface area contributed by atoms with E-state index in [1.54, 1.807) is 11.8 Å². The van der Waals surface area contributed by atoms with Crippen LogP contribution in [0.2, 0.25) is 0 Å². The molecule has 0 unspecified atom stereocenters. The van der Waals surface area contributed by atoms with E-state index in [1.807, 2.05) is 24.3 Å². The molecule has 19 heavy (non-hydrogen) atoms. The molecule has 3 rings (SSSR count). The summed E-state index contributed by atoms with van der Waals surface area (Å²) in [5.74, 6) is 0. The Morgan fingerprint density at radius 2 is 2.05 bits per heavy atom. The molecule has 0 fully saturated rings. The Labute approximate surface area is 116 Å². The first-order valence-corrected chi connectivity index (χ1v) is 7.00. The molecular formula is C15H15N3S. The zero-order valence-electron chi connectivity index (χ0n) is 10.7. The monoisotopic (exact) mass is 269 g/mol. The number of aryl methyl sites for hydroxylation is 1. The number of hydrogen-bond donors (Lipinski definition) is 2. The minimum Gasteiger partial charge on any atom is -0.333 e. The molecule has 0 bridgehead atoms. The Bertz CT molecular complexity index is 685. The molecule has 0 aliphatic heterocycles. The van der Waals surface area contributed by atoms with Crippen LogP contribution in [0.3, 0.4) is 0 Å². The van der Waals surface area contributed by atoms with Crippen molar-refractivity contribution < 1.29 is 0 Å². The van der Waals surface area contributed by atoms with Crippen LogP contribution in [0, 0.1) is 6.92 Å². The third kappa shape index (κ3) is 2.50. The van der Waals surface area contributed by atoms with Gasteiger partial charge in [0.2, 0.25) is 0 Å². The van der Waals surface area contributed by atoms with Gasteiger partial charge in [-0.25, -0.2) is 4.98 Å². The zero-order valence-corrected chi connectivity index (χ0v) is 11.5. The lowest BCUT2D eigenvalue weighted by molar-refractivity contribution is 1.01. The second-order valence-electron chi connectivity index (χ2n) is 4.48. The van der Waals surface area contributed by atoms with Gasteiger partial charge in [0.25, 0.3) is 0 Å². The number of nitrogens with two attached hydrogens (primary N) is 1. The molecule has 1 aromatic heterocycles. The Kier molecular flexibility index (Phi) is 3.27. The first kappa shape index (κ1) is 12.3. The zero-order chi connectivity index (χ0) is 13.2. The fraction of sp³-hybridized carbons (Fsp3) is 0.133. The number of nitrogens with one attached hydrogen (secondary N) is 1. The van der Waals surface area contributed by atoms with E-state index >= 15 is 0 Å². The Balaban J connectivity index is 1.98. The maximum Gasteiger partial charge on any atom is 0.171 e. The van der Waals surface area contributed by atoms with Crippen LogP contribution in [0.4, 0.5) is 0 Å². The average molecular weight is 269 g/mol. The van der Waals surface area contributed by atoms with Crippen LogP contribution in [0.1, 0.15) is 11.1 Å². The molecule has 3 aromatic rings. The Morgan fingerprint density at radius 1 is 1.21 bits per heavy atom. The van der Waals surface area contributed by atoms with Gasteiger partial charge in [0.05, 0.1) is 11.0 Å². The van der Waals surface area contributed by atoms with E-state index in [1.165, 1.54) is 10.5 Å². The number of hydrogen-bond acceptors (Lipinski definition) is 3. The summed E-state index contributed by atoms with van der Waals surface area (Å²) in [7, 11) is 0. The van der Waals surface area contributed by atoms with Crippen LogP contribution in [-0.4, -0.2) is 9.97 Å². The van der Waals surface area contributed by atoms with Gasteiger partial charge in [0.15, 0.2) is 5.16 Å². The molecule has 0 aliphatic carbocycles. The van der Waals surface area contributed by atoms with Crippen LogP contribution in [0.15, 0.2) is 52.5 Å². The molecule has 4 heteroatoms. The molecule has 96 valence electrons. The second kappa shape index (κ2) is 5.07. The van der Waals surface area contributed by atoms with Crippen LogP contribution < -0.4 is 5.73 Å². The van der Waals surface area contributed by atoms with Crippen molar-refractivity contribution in [1.29, 1.82) is 0 Å². The molecule has 0 saturated carbocycles. The van der Waals surface area contributed by atoms with Crippen molar-refractivity contribution in [1.82, 2.24) is 9.97 Å². The molecule has 2 aromatic carbocycles. The molecule has 1 heterocycles. The standard InChI is InChI=1S/C15H15N3S/c1-10-6-7-11(9-16)14(8-10)19-15-17-12-4-2-3-5-13(12)18-15/h2-8H,9,16H2,1H3,(H,17,18). The summed E-state index contributed by atoms with van der Waals surface area (Å²) < 4.78 is 0. The van der Waals surface area contributed by atoms with E-state index in [4.69, 9.17) is 5.73 Å². The predicted molar refractivity (Wildman–Crippen MR) is 79.3 cm³/mol. The maximum atomic E-state index is 5.79. The van der Waals surface area contributed by atoms with Gasteiger partial charge < -0.3 is 10.7 Å². The quantitative estimate of drug-likeness (QED) is 0.765. The number of aromatic nitrogens is 2. The van der Waals surface area contributed by atoms with Crippen LogP contribution >= 0.6 is 11.8 Å². The maximum absolute atomic E-state index is 5.79. The first-order chi connectivity index (χ1) is 9.26. The average Bonchev–Trinajstić information content (AvgIpc) is 2.81. The molecular weight excluding hydrogens is 254 g/mol. The summed E-state index contributed by atoms with van der Waals surface area (Å²) in [5, 5.41) is 0.904. The van der Waals surface area contributed by atoms with Gasteiger partial charge >= 0.3 is 0 Å². The number of imidazole rings is 1. The van der Waals surface area contributed by atoms with Gasteiger partial charge in [0.1, 0.15) is 0 Å². The highest BCUT2D eigenvalue weighted by Crippen LogP contribution is 2.30. The topological polar surface area (TPSA) is 54.7 Å². The van der Waals surface area contributed by atoms with Crippen LogP contribution in [-0.2, 0) is 6.54 Å². The Morgan fingerprint density at radius 3 is 2.84 bits per heavy atom. The Hall–Kier alpha value is -1.78. The van der Waals surface area contributed by atoms with Gasteiger partial charge in [-0.1, -0.05) is 36.0 Å². The molecule has 3 nitrogen and oxygen atoms in total. The second-order valence-corrected chi connectivity index (χ2v) is 5.51. The van der Waals surface area contributed by atoms with E-state index in [0.29, 0.717) is 6.54 Å². The van der Waals surface area contributed by atoms with Crippen molar-refractivity contribution in [3.8, 4) is 0 Å². The number of fused-ring (bicyclic) bond motifs is 1.